The van der Waals surface area contributed by atoms with Crippen LogP contribution in [-0.4, -0.2) is 36.0 Å². The molecule has 4 rings (SSSR count). The first-order chi connectivity index (χ1) is 12.2. The van der Waals surface area contributed by atoms with E-state index in [1.165, 1.54) is 17.0 Å². The smallest absolute Gasteiger partial charge is 0.292 e. The number of aromatic nitrogens is 2. The van der Waals surface area contributed by atoms with Gasteiger partial charge in [0.2, 0.25) is 0 Å². The molecule has 1 aromatic carbocycles. The van der Waals surface area contributed by atoms with Crippen LogP contribution in [0.5, 0.6) is 0 Å². The highest BCUT2D eigenvalue weighted by Gasteiger charge is 2.22. The van der Waals surface area contributed by atoms with Crippen LogP contribution in [0.4, 0.5) is 10.1 Å². The third kappa shape index (κ3) is 3.65. The minimum Gasteiger partial charge on any atom is -0.408 e. The van der Waals surface area contributed by atoms with Crippen molar-refractivity contribution in [3.63, 3.8) is 0 Å². The van der Waals surface area contributed by atoms with Crippen LogP contribution in [0.25, 0.3) is 10.8 Å². The van der Waals surface area contributed by atoms with Gasteiger partial charge in [0.1, 0.15) is 5.82 Å². The Morgan fingerprint density at radius 3 is 2.64 bits per heavy atom. The molecule has 2 aromatic heterocycles. The molecule has 3 aromatic rings. The molecule has 1 saturated heterocycles. The molecule has 0 spiro atoms. The van der Waals surface area contributed by atoms with Crippen molar-refractivity contribution < 1.29 is 13.7 Å². The van der Waals surface area contributed by atoms with Crippen LogP contribution in [0.1, 0.15) is 0 Å². The molecule has 0 amide bonds. The molecule has 0 unspecified atom stereocenters. The van der Waals surface area contributed by atoms with E-state index in [0.29, 0.717) is 17.4 Å². The molecule has 1 aliphatic rings. The first-order valence-corrected chi connectivity index (χ1v) is 9.44. The number of quaternary nitrogens is 1. The zero-order chi connectivity index (χ0) is 17.2. The second kappa shape index (κ2) is 7.07. The molecule has 8 heteroatoms. The summed E-state index contributed by atoms with van der Waals surface area (Å²) >= 11 is 6.89. The van der Waals surface area contributed by atoms with Crippen LogP contribution in [0.15, 0.2) is 46.2 Å². The molecule has 0 radical (unpaired) electrons. The first kappa shape index (κ1) is 16.4. The maximum absolute atomic E-state index is 13.0. The van der Waals surface area contributed by atoms with E-state index >= 15 is 0 Å². The molecule has 1 aliphatic heterocycles. The van der Waals surface area contributed by atoms with Gasteiger partial charge in [-0.1, -0.05) is 6.07 Å². The van der Waals surface area contributed by atoms with Crippen molar-refractivity contribution in [3.05, 3.63) is 52.4 Å². The lowest BCUT2D eigenvalue weighted by Crippen LogP contribution is -3.14. The molecular formula is C17H18FN4OS2+. The number of halogens is 1. The predicted octanol–water partition coefficient (Wildman–Crippen LogP) is 2.44. The van der Waals surface area contributed by atoms with Gasteiger partial charge in [-0.3, -0.25) is 0 Å². The third-order valence-corrected chi connectivity index (χ3v) is 5.53. The van der Waals surface area contributed by atoms with E-state index in [4.69, 9.17) is 16.6 Å². The fourth-order valence-electron chi connectivity index (χ4n) is 3.01. The van der Waals surface area contributed by atoms with Gasteiger partial charge in [-0.05, 0) is 47.9 Å². The predicted molar refractivity (Wildman–Crippen MR) is 97.9 cm³/mol. The van der Waals surface area contributed by atoms with Crippen molar-refractivity contribution in [2.75, 3.05) is 31.1 Å². The van der Waals surface area contributed by atoms with Gasteiger partial charge in [0.15, 0.2) is 6.67 Å². The quantitative estimate of drug-likeness (QED) is 0.709. The number of benzene rings is 1. The average molecular weight is 377 g/mol. The number of nitrogens with one attached hydrogen (secondary N) is 1. The number of anilines is 1. The lowest BCUT2D eigenvalue weighted by atomic mass is 10.2. The van der Waals surface area contributed by atoms with Crippen LogP contribution in [0.3, 0.4) is 0 Å². The van der Waals surface area contributed by atoms with Gasteiger partial charge in [-0.2, -0.15) is 4.68 Å². The molecule has 25 heavy (non-hydrogen) atoms. The van der Waals surface area contributed by atoms with Crippen LogP contribution < -0.4 is 9.80 Å². The molecule has 0 bridgehead atoms. The summed E-state index contributed by atoms with van der Waals surface area (Å²) in [4.78, 5) is 5.08. The summed E-state index contributed by atoms with van der Waals surface area (Å²) in [5.74, 6) is 0.388. The van der Waals surface area contributed by atoms with Gasteiger partial charge in [0.05, 0.1) is 31.1 Å². The maximum Gasteiger partial charge on any atom is 0.292 e. The van der Waals surface area contributed by atoms with E-state index in [1.54, 1.807) is 16.0 Å². The van der Waals surface area contributed by atoms with E-state index < -0.39 is 0 Å². The minimum absolute atomic E-state index is 0.199. The number of hydrogen-bond acceptors (Lipinski definition) is 5. The monoisotopic (exact) mass is 377 g/mol. The zero-order valence-corrected chi connectivity index (χ0v) is 15.2. The second-order valence-corrected chi connectivity index (χ2v) is 7.32. The summed E-state index contributed by atoms with van der Waals surface area (Å²) in [7, 11) is 0. The fraction of sp³-hybridized carbons (Fsp3) is 0.294. The third-order valence-electron chi connectivity index (χ3n) is 4.37. The van der Waals surface area contributed by atoms with Crippen molar-refractivity contribution in [3.8, 4) is 10.8 Å². The Hall–Kier alpha value is -2.03. The summed E-state index contributed by atoms with van der Waals surface area (Å²) in [5, 5.41) is 6.51. The Kier molecular flexibility index (Phi) is 4.65. The molecule has 0 atom stereocenters. The molecule has 5 nitrogen and oxygen atoms in total. The summed E-state index contributed by atoms with van der Waals surface area (Å²) in [6.45, 7) is 4.49. The van der Waals surface area contributed by atoms with Crippen LogP contribution in [-0.2, 0) is 6.67 Å². The molecule has 3 heterocycles. The Morgan fingerprint density at radius 2 is 1.96 bits per heavy atom. The van der Waals surface area contributed by atoms with Gasteiger partial charge < -0.3 is 14.2 Å². The van der Waals surface area contributed by atoms with E-state index in [2.05, 4.69) is 10.00 Å². The molecule has 0 aliphatic carbocycles. The average Bonchev–Trinajstić information content (AvgIpc) is 3.27. The lowest BCUT2D eigenvalue weighted by molar-refractivity contribution is -0.924. The largest absolute Gasteiger partial charge is 0.408 e. The highest BCUT2D eigenvalue weighted by Crippen LogP contribution is 2.22. The van der Waals surface area contributed by atoms with Gasteiger partial charge in [0.25, 0.3) is 10.7 Å². The Labute approximate surface area is 153 Å². The SMILES string of the molecule is Fc1ccc(N2CC[NH+](Cn3nc(-c4cccs4)oc3=S)CC2)cc1. The molecular weight excluding hydrogens is 359 g/mol. The Morgan fingerprint density at radius 1 is 1.20 bits per heavy atom. The second-order valence-electron chi connectivity index (χ2n) is 6.02. The van der Waals surface area contributed by atoms with E-state index in [0.717, 1.165) is 36.7 Å². The topological polar surface area (TPSA) is 38.6 Å². The summed E-state index contributed by atoms with van der Waals surface area (Å²) in [6.07, 6.45) is 0. The van der Waals surface area contributed by atoms with Gasteiger partial charge in [-0.15, -0.1) is 16.4 Å². The summed E-state index contributed by atoms with van der Waals surface area (Å²) < 4.78 is 20.4. The highest BCUT2D eigenvalue weighted by atomic mass is 32.1. The molecule has 1 N–H and O–H groups in total. The molecule has 1 fully saturated rings. The van der Waals surface area contributed by atoms with Crippen molar-refractivity contribution in [2.45, 2.75) is 6.67 Å². The lowest BCUT2D eigenvalue weighted by Gasteiger charge is -2.33. The van der Waals surface area contributed by atoms with Gasteiger partial charge >= 0.3 is 0 Å². The highest BCUT2D eigenvalue weighted by molar-refractivity contribution is 7.71. The Balaban J connectivity index is 1.39. The van der Waals surface area contributed by atoms with Crippen molar-refractivity contribution in [1.82, 2.24) is 9.78 Å². The number of piperazine rings is 1. The van der Waals surface area contributed by atoms with Crippen molar-refractivity contribution >= 4 is 29.2 Å². The van der Waals surface area contributed by atoms with Crippen LogP contribution >= 0.6 is 23.6 Å². The number of thiophene rings is 1. The van der Waals surface area contributed by atoms with Gasteiger partial charge in [0, 0.05) is 5.69 Å². The minimum atomic E-state index is -0.199. The van der Waals surface area contributed by atoms with Crippen molar-refractivity contribution in [2.24, 2.45) is 0 Å². The van der Waals surface area contributed by atoms with Crippen LogP contribution in [0.2, 0.25) is 0 Å². The van der Waals surface area contributed by atoms with E-state index in [9.17, 15) is 4.39 Å². The normalized spacial score (nSPS) is 15.6. The molecule has 130 valence electrons. The standard InChI is InChI=1S/C17H17FN4OS2/c18-13-3-5-14(6-4-13)21-9-7-20(8-10-21)12-22-17(24)23-16(19-22)15-2-1-11-25-15/h1-6,11H,7-10,12H2/p+1. The fourth-order valence-corrected chi connectivity index (χ4v) is 3.84. The van der Waals surface area contributed by atoms with E-state index in [-0.39, 0.29) is 5.82 Å². The maximum atomic E-state index is 13.0. The van der Waals surface area contributed by atoms with E-state index in [1.807, 2.05) is 29.6 Å². The zero-order valence-electron chi connectivity index (χ0n) is 13.5. The van der Waals surface area contributed by atoms with Gasteiger partial charge in [-0.25, -0.2) is 4.39 Å². The molecule has 0 saturated carbocycles. The number of hydrogen-bond donors (Lipinski definition) is 1. The summed E-state index contributed by atoms with van der Waals surface area (Å²) in [5.41, 5.74) is 1.07. The number of rotatable bonds is 4. The number of nitrogens with zero attached hydrogens (tertiary/aromatic N) is 3. The first-order valence-electron chi connectivity index (χ1n) is 8.15. The Bertz CT molecular complexity index is 880. The van der Waals surface area contributed by atoms with Crippen LogP contribution in [0, 0.1) is 10.7 Å². The van der Waals surface area contributed by atoms with Crippen molar-refractivity contribution in [1.29, 1.82) is 0 Å². The summed E-state index contributed by atoms with van der Waals surface area (Å²) in [6, 6.07) is 10.6.